The Bertz CT molecular complexity index is 1070. The minimum Gasteiger partial charge on any atom is -0.394 e. The number of aliphatic hydroxyl groups excluding tert-OH is 1. The smallest absolute Gasteiger partial charge is 0.260 e. The molecule has 3 fully saturated rings. The van der Waals surface area contributed by atoms with Crippen LogP contribution < -0.4 is 16.0 Å². The van der Waals surface area contributed by atoms with Gasteiger partial charge in [0.15, 0.2) is 0 Å². The van der Waals surface area contributed by atoms with Crippen LogP contribution in [-0.2, 0) is 9.53 Å². The molecular weight excluding hydrogens is 450 g/mol. The summed E-state index contributed by atoms with van der Waals surface area (Å²) in [5.41, 5.74) is 5.88. The summed E-state index contributed by atoms with van der Waals surface area (Å²) >= 11 is 0. The highest BCUT2D eigenvalue weighted by molar-refractivity contribution is 5.83. The summed E-state index contributed by atoms with van der Waals surface area (Å²) in [7, 11) is 0. The van der Waals surface area contributed by atoms with Gasteiger partial charge in [0.05, 0.1) is 31.1 Å². The van der Waals surface area contributed by atoms with E-state index in [4.69, 9.17) is 10.5 Å². The molecule has 4 N–H and O–H groups in total. The molecule has 11 nitrogen and oxygen atoms in total. The number of ether oxygens (including phenoxy) is 1. The first-order chi connectivity index (χ1) is 16.3. The van der Waals surface area contributed by atoms with Crippen molar-refractivity contribution >= 4 is 23.6 Å². The van der Waals surface area contributed by atoms with Crippen LogP contribution in [0.1, 0.15) is 12.8 Å². The first kappa shape index (κ1) is 22.6. The predicted molar refractivity (Wildman–Crippen MR) is 118 cm³/mol. The summed E-state index contributed by atoms with van der Waals surface area (Å²) in [6.45, 7) is 2.41. The summed E-state index contributed by atoms with van der Waals surface area (Å²) in [4.78, 5) is 33.2. The third-order valence-electron chi connectivity index (χ3n) is 6.46. The van der Waals surface area contributed by atoms with Gasteiger partial charge in [-0.15, -0.1) is 0 Å². The SMILES string of the molecule is Nc1ncc(-c2cc(N[C@@]3(CO)CCN(C(=O)[C@@H]4CC4(F)F)C3)nc(N3CCOCC3)n2)cn1. The van der Waals surface area contributed by atoms with Crippen molar-refractivity contribution in [1.82, 2.24) is 24.8 Å². The van der Waals surface area contributed by atoms with Gasteiger partial charge in [-0.1, -0.05) is 0 Å². The molecule has 1 saturated carbocycles. The van der Waals surface area contributed by atoms with Gasteiger partial charge in [0.25, 0.3) is 5.92 Å². The largest absolute Gasteiger partial charge is 0.394 e. The lowest BCUT2D eigenvalue weighted by Crippen LogP contribution is -2.46. The molecule has 0 bridgehead atoms. The van der Waals surface area contributed by atoms with E-state index >= 15 is 0 Å². The van der Waals surface area contributed by atoms with Crippen molar-refractivity contribution in [2.24, 2.45) is 5.92 Å². The second kappa shape index (κ2) is 8.55. The fourth-order valence-corrected chi connectivity index (χ4v) is 4.33. The number of nitrogens with two attached hydrogens (primary N) is 1. The molecule has 0 spiro atoms. The van der Waals surface area contributed by atoms with E-state index in [0.717, 1.165) is 0 Å². The number of amides is 1. The van der Waals surface area contributed by atoms with Gasteiger partial charge in [-0.2, -0.15) is 4.98 Å². The molecule has 182 valence electrons. The monoisotopic (exact) mass is 476 g/mol. The highest BCUT2D eigenvalue weighted by Crippen LogP contribution is 2.50. The Morgan fingerprint density at radius 1 is 1.24 bits per heavy atom. The van der Waals surface area contributed by atoms with Gasteiger partial charge >= 0.3 is 0 Å². The van der Waals surface area contributed by atoms with E-state index in [-0.39, 0.29) is 25.6 Å². The molecule has 2 atom stereocenters. The molecule has 5 rings (SSSR count). The number of morpholine rings is 1. The Morgan fingerprint density at radius 3 is 2.59 bits per heavy atom. The van der Waals surface area contributed by atoms with Crippen LogP contribution >= 0.6 is 0 Å². The zero-order valence-corrected chi connectivity index (χ0v) is 18.5. The van der Waals surface area contributed by atoms with E-state index < -0.39 is 29.7 Å². The van der Waals surface area contributed by atoms with Crippen molar-refractivity contribution in [3.05, 3.63) is 18.5 Å². The molecule has 1 amide bonds. The second-order valence-corrected chi connectivity index (χ2v) is 8.96. The number of halogens is 2. The number of likely N-dealkylation sites (tertiary alicyclic amines) is 1. The average molecular weight is 476 g/mol. The molecule has 0 unspecified atom stereocenters. The minimum absolute atomic E-state index is 0.103. The third-order valence-corrected chi connectivity index (χ3v) is 6.46. The number of hydrogen-bond acceptors (Lipinski definition) is 10. The molecular formula is C21H26F2N8O3. The lowest BCUT2D eigenvalue weighted by Gasteiger charge is -2.31. The van der Waals surface area contributed by atoms with Gasteiger partial charge in [0.1, 0.15) is 11.7 Å². The van der Waals surface area contributed by atoms with Crippen LogP contribution in [0.2, 0.25) is 0 Å². The van der Waals surface area contributed by atoms with Gasteiger partial charge in [0.2, 0.25) is 17.8 Å². The average Bonchev–Trinajstić information content (AvgIpc) is 3.28. The number of nitrogens with zero attached hydrogens (tertiary/aromatic N) is 6. The number of hydrogen-bond donors (Lipinski definition) is 3. The van der Waals surface area contributed by atoms with Gasteiger partial charge in [-0.25, -0.2) is 23.7 Å². The van der Waals surface area contributed by atoms with Crippen LogP contribution in [0.4, 0.5) is 26.5 Å². The minimum atomic E-state index is -2.93. The van der Waals surface area contributed by atoms with Crippen LogP contribution in [-0.4, -0.2) is 93.3 Å². The number of nitrogen functional groups attached to an aromatic ring is 1. The number of aliphatic hydroxyl groups is 1. The molecule has 0 radical (unpaired) electrons. The Morgan fingerprint density at radius 2 is 1.94 bits per heavy atom. The standard InChI is InChI=1S/C21H26F2N8O3/c22-21(23)8-14(21)17(33)31-2-1-20(11-31,12-32)29-16-7-15(13-9-25-18(24)26-10-13)27-19(28-16)30-3-5-34-6-4-30/h7,9-10,14,32H,1-6,8,11-12H2,(H2,24,25,26)(H,27,28,29)/t14-,20-/m0/s1. The van der Waals surface area contributed by atoms with Crippen molar-refractivity contribution in [2.45, 2.75) is 24.3 Å². The van der Waals surface area contributed by atoms with Crippen LogP contribution in [0, 0.1) is 5.92 Å². The zero-order valence-electron chi connectivity index (χ0n) is 18.5. The van der Waals surface area contributed by atoms with E-state index in [2.05, 4.69) is 25.3 Å². The maximum atomic E-state index is 13.4. The fraction of sp³-hybridized carbons (Fsp3) is 0.571. The summed E-state index contributed by atoms with van der Waals surface area (Å²) in [6, 6.07) is 1.70. The van der Waals surface area contributed by atoms with Crippen LogP contribution in [0.3, 0.4) is 0 Å². The molecule has 2 aromatic heterocycles. The van der Waals surface area contributed by atoms with E-state index in [1.165, 1.54) is 4.90 Å². The zero-order chi connectivity index (χ0) is 23.9. The van der Waals surface area contributed by atoms with Crippen LogP contribution in [0.15, 0.2) is 18.5 Å². The van der Waals surface area contributed by atoms with E-state index in [0.29, 0.717) is 55.7 Å². The molecule has 13 heteroatoms. The molecule has 0 aromatic carbocycles. The Kier molecular flexibility index (Phi) is 5.68. The van der Waals surface area contributed by atoms with E-state index in [1.54, 1.807) is 18.5 Å². The normalized spacial score (nSPS) is 25.9. The number of alkyl halides is 2. The number of aromatic nitrogens is 4. The van der Waals surface area contributed by atoms with E-state index in [1.807, 2.05) is 4.90 Å². The molecule has 2 aromatic rings. The van der Waals surface area contributed by atoms with Gasteiger partial charge < -0.3 is 30.7 Å². The van der Waals surface area contributed by atoms with E-state index in [9.17, 15) is 18.7 Å². The predicted octanol–water partition coefficient (Wildman–Crippen LogP) is 0.383. The first-order valence-electron chi connectivity index (χ1n) is 11.1. The number of rotatable bonds is 6. The first-order valence-corrected chi connectivity index (χ1v) is 11.1. The molecule has 3 aliphatic rings. The van der Waals surface area contributed by atoms with Crippen molar-refractivity contribution in [1.29, 1.82) is 0 Å². The van der Waals surface area contributed by atoms with Gasteiger partial charge in [-0.05, 0) is 6.42 Å². The molecule has 2 aliphatic heterocycles. The summed E-state index contributed by atoms with van der Waals surface area (Å²) in [5.74, 6) is -3.71. The highest BCUT2D eigenvalue weighted by Gasteiger charge is 2.63. The Balaban J connectivity index is 1.41. The number of anilines is 3. The second-order valence-electron chi connectivity index (χ2n) is 8.96. The molecule has 4 heterocycles. The lowest BCUT2D eigenvalue weighted by atomic mass is 10.00. The van der Waals surface area contributed by atoms with Gasteiger partial charge in [-0.3, -0.25) is 4.79 Å². The van der Waals surface area contributed by atoms with Crippen molar-refractivity contribution < 1.29 is 23.4 Å². The van der Waals surface area contributed by atoms with Crippen molar-refractivity contribution in [2.75, 3.05) is 62.0 Å². The molecule has 1 aliphatic carbocycles. The molecule has 34 heavy (non-hydrogen) atoms. The lowest BCUT2D eigenvalue weighted by molar-refractivity contribution is -0.134. The maximum Gasteiger partial charge on any atom is 0.260 e. The van der Waals surface area contributed by atoms with Gasteiger partial charge in [0, 0.05) is 56.6 Å². The number of nitrogens with one attached hydrogen (secondary N) is 1. The van der Waals surface area contributed by atoms with Crippen LogP contribution in [0.25, 0.3) is 11.3 Å². The maximum absolute atomic E-state index is 13.4. The Hall–Kier alpha value is -3.19. The quantitative estimate of drug-likeness (QED) is 0.536. The summed E-state index contributed by atoms with van der Waals surface area (Å²) in [6.07, 6.45) is 3.10. The van der Waals surface area contributed by atoms with Crippen molar-refractivity contribution in [3.63, 3.8) is 0 Å². The summed E-state index contributed by atoms with van der Waals surface area (Å²) in [5, 5.41) is 13.5. The number of carbonyl (C=O) groups is 1. The van der Waals surface area contributed by atoms with Crippen molar-refractivity contribution in [3.8, 4) is 11.3 Å². The number of carbonyl (C=O) groups excluding carboxylic acids is 1. The highest BCUT2D eigenvalue weighted by atomic mass is 19.3. The Labute approximate surface area is 194 Å². The van der Waals surface area contributed by atoms with Crippen LogP contribution in [0.5, 0.6) is 0 Å². The fourth-order valence-electron chi connectivity index (χ4n) is 4.33. The topological polar surface area (TPSA) is 143 Å². The summed E-state index contributed by atoms with van der Waals surface area (Å²) < 4.78 is 32.2. The molecule has 2 saturated heterocycles. The third kappa shape index (κ3) is 4.44.